The Labute approximate surface area is 152 Å². The molecular weight excluding hydrogens is 324 g/mol. The summed E-state index contributed by atoms with van der Waals surface area (Å²) < 4.78 is 5.77. The van der Waals surface area contributed by atoms with Crippen molar-refractivity contribution in [3.8, 4) is 5.75 Å². The van der Waals surface area contributed by atoms with Gasteiger partial charge in [-0.15, -0.1) is 0 Å². The highest BCUT2D eigenvalue weighted by Crippen LogP contribution is 2.24. The molecule has 0 spiro atoms. The first-order chi connectivity index (χ1) is 12.8. The topological polar surface area (TPSA) is 51.2 Å². The summed E-state index contributed by atoms with van der Waals surface area (Å²) >= 11 is 0. The minimum absolute atomic E-state index is 0.0958. The minimum Gasteiger partial charge on any atom is -0.487 e. The lowest BCUT2D eigenvalue weighted by atomic mass is 10.1. The zero-order chi connectivity index (χ0) is 17.8. The average Bonchev–Trinajstić information content (AvgIpc) is 3.15. The maximum Gasteiger partial charge on any atom is 0.255 e. The molecule has 0 fully saturated rings. The predicted octanol–water partition coefficient (Wildman–Crippen LogP) is 4.40. The second-order valence-corrected chi connectivity index (χ2v) is 6.43. The number of fused-ring (bicyclic) bond motifs is 1. The van der Waals surface area contributed by atoms with Crippen LogP contribution in [0.15, 0.2) is 66.9 Å². The molecule has 0 bridgehead atoms. The minimum atomic E-state index is -0.0958. The van der Waals surface area contributed by atoms with Crippen LogP contribution in [0.4, 0.5) is 5.69 Å². The summed E-state index contributed by atoms with van der Waals surface area (Å²) in [5.41, 5.74) is 4.94. The molecule has 1 aliphatic rings. The van der Waals surface area contributed by atoms with E-state index in [1.165, 1.54) is 17.5 Å². The molecule has 0 saturated heterocycles. The first kappa shape index (κ1) is 16.3. The van der Waals surface area contributed by atoms with E-state index in [0.29, 0.717) is 23.6 Å². The van der Waals surface area contributed by atoms with Gasteiger partial charge in [-0.05, 0) is 66.8 Å². The maximum absolute atomic E-state index is 12.5. The number of anilines is 1. The molecule has 4 nitrogen and oxygen atoms in total. The number of aryl methyl sites for hydroxylation is 2. The van der Waals surface area contributed by atoms with Gasteiger partial charge in [0.2, 0.25) is 0 Å². The number of aromatic nitrogens is 1. The Balaban J connectivity index is 1.42. The first-order valence-corrected chi connectivity index (χ1v) is 8.84. The molecule has 1 aliphatic carbocycles. The van der Waals surface area contributed by atoms with Crippen LogP contribution in [0.2, 0.25) is 0 Å². The van der Waals surface area contributed by atoms with Crippen molar-refractivity contribution < 1.29 is 9.53 Å². The summed E-state index contributed by atoms with van der Waals surface area (Å²) in [5.74, 6) is 0.601. The summed E-state index contributed by atoms with van der Waals surface area (Å²) in [6.07, 6.45) is 5.10. The quantitative estimate of drug-likeness (QED) is 0.746. The van der Waals surface area contributed by atoms with Crippen LogP contribution in [0.1, 0.15) is 33.6 Å². The smallest absolute Gasteiger partial charge is 0.255 e. The third kappa shape index (κ3) is 3.75. The van der Waals surface area contributed by atoms with E-state index in [2.05, 4.69) is 16.4 Å². The van der Waals surface area contributed by atoms with E-state index in [0.717, 1.165) is 18.5 Å². The van der Waals surface area contributed by atoms with E-state index in [1.807, 2.05) is 54.6 Å². The number of pyridine rings is 1. The van der Waals surface area contributed by atoms with Gasteiger partial charge in [0.05, 0.1) is 5.69 Å². The molecule has 130 valence electrons. The number of carbonyl (C=O) groups excluding carboxylic acids is 1. The van der Waals surface area contributed by atoms with Gasteiger partial charge in [0.1, 0.15) is 12.4 Å². The van der Waals surface area contributed by atoms with Crippen LogP contribution < -0.4 is 10.1 Å². The fourth-order valence-electron chi connectivity index (χ4n) is 3.22. The van der Waals surface area contributed by atoms with Crippen LogP contribution in [0, 0.1) is 0 Å². The maximum atomic E-state index is 12.5. The number of hydrogen-bond donors (Lipinski definition) is 1. The van der Waals surface area contributed by atoms with Crippen LogP contribution in [0.3, 0.4) is 0 Å². The van der Waals surface area contributed by atoms with E-state index in [-0.39, 0.29) is 5.91 Å². The molecule has 4 rings (SSSR count). The number of ether oxygens (including phenoxy) is 1. The number of nitrogens with one attached hydrogen (secondary N) is 1. The van der Waals surface area contributed by atoms with Crippen LogP contribution in [0.5, 0.6) is 5.75 Å². The second kappa shape index (κ2) is 7.40. The van der Waals surface area contributed by atoms with Crippen LogP contribution >= 0.6 is 0 Å². The van der Waals surface area contributed by atoms with Crippen molar-refractivity contribution in [2.24, 2.45) is 0 Å². The lowest BCUT2D eigenvalue weighted by Crippen LogP contribution is -2.12. The van der Waals surface area contributed by atoms with Crippen molar-refractivity contribution in [2.45, 2.75) is 25.9 Å². The van der Waals surface area contributed by atoms with Crippen molar-refractivity contribution in [3.05, 3.63) is 89.2 Å². The predicted molar refractivity (Wildman–Crippen MR) is 101 cm³/mol. The van der Waals surface area contributed by atoms with E-state index in [4.69, 9.17) is 4.74 Å². The number of benzene rings is 2. The number of amides is 1. The largest absolute Gasteiger partial charge is 0.487 e. The molecule has 2 aromatic carbocycles. The number of carbonyl (C=O) groups is 1. The molecule has 0 atom stereocenters. The first-order valence-electron chi connectivity index (χ1n) is 8.84. The third-order valence-corrected chi connectivity index (χ3v) is 4.57. The highest BCUT2D eigenvalue weighted by molar-refractivity contribution is 6.04. The molecule has 0 unspecified atom stereocenters. The highest BCUT2D eigenvalue weighted by Gasteiger charge is 2.14. The van der Waals surface area contributed by atoms with Crippen molar-refractivity contribution in [1.29, 1.82) is 0 Å². The fraction of sp³-hybridized carbons (Fsp3) is 0.182. The third-order valence-electron chi connectivity index (χ3n) is 4.57. The van der Waals surface area contributed by atoms with E-state index >= 15 is 0 Å². The molecule has 1 aromatic heterocycles. The van der Waals surface area contributed by atoms with Gasteiger partial charge in [-0.25, -0.2) is 0 Å². The molecule has 1 amide bonds. The summed E-state index contributed by atoms with van der Waals surface area (Å²) in [6, 6.07) is 19.1. The Morgan fingerprint density at radius 3 is 2.81 bits per heavy atom. The molecule has 26 heavy (non-hydrogen) atoms. The zero-order valence-corrected chi connectivity index (χ0v) is 14.4. The second-order valence-electron chi connectivity index (χ2n) is 6.43. The van der Waals surface area contributed by atoms with Gasteiger partial charge in [0.15, 0.2) is 0 Å². The zero-order valence-electron chi connectivity index (χ0n) is 14.4. The molecule has 4 heteroatoms. The lowest BCUT2D eigenvalue weighted by Gasteiger charge is -2.10. The van der Waals surface area contributed by atoms with E-state index in [1.54, 1.807) is 6.20 Å². The van der Waals surface area contributed by atoms with Gasteiger partial charge in [-0.1, -0.05) is 18.2 Å². The van der Waals surface area contributed by atoms with Crippen LogP contribution in [-0.2, 0) is 19.4 Å². The number of rotatable bonds is 5. The molecule has 0 aliphatic heterocycles. The SMILES string of the molecule is O=C(Nc1cccc(OCc2ccccn2)c1)c1ccc2c(c1)CCC2. The standard InChI is InChI=1S/C22H20N2O2/c25-22(18-11-10-16-5-3-6-17(16)13-18)24-19-8-4-9-21(14-19)26-15-20-7-1-2-12-23-20/h1-2,4,7-14H,3,5-6,15H2,(H,24,25). The van der Waals surface area contributed by atoms with Gasteiger partial charge >= 0.3 is 0 Å². The summed E-state index contributed by atoms with van der Waals surface area (Å²) in [6.45, 7) is 0.392. The summed E-state index contributed by atoms with van der Waals surface area (Å²) in [4.78, 5) is 16.8. The molecule has 1 N–H and O–H groups in total. The van der Waals surface area contributed by atoms with Crippen molar-refractivity contribution >= 4 is 11.6 Å². The van der Waals surface area contributed by atoms with Crippen LogP contribution in [0.25, 0.3) is 0 Å². The summed E-state index contributed by atoms with van der Waals surface area (Å²) in [7, 11) is 0. The normalized spacial score (nSPS) is 12.5. The molecule has 1 heterocycles. The summed E-state index contributed by atoms with van der Waals surface area (Å²) in [5, 5.41) is 2.95. The van der Waals surface area contributed by atoms with Crippen molar-refractivity contribution in [3.63, 3.8) is 0 Å². The lowest BCUT2D eigenvalue weighted by molar-refractivity contribution is 0.102. The van der Waals surface area contributed by atoms with Gasteiger partial charge in [0, 0.05) is 23.5 Å². The number of hydrogen-bond acceptors (Lipinski definition) is 3. The average molecular weight is 344 g/mol. The highest BCUT2D eigenvalue weighted by atomic mass is 16.5. The van der Waals surface area contributed by atoms with E-state index < -0.39 is 0 Å². The van der Waals surface area contributed by atoms with Crippen molar-refractivity contribution in [1.82, 2.24) is 4.98 Å². The Morgan fingerprint density at radius 2 is 1.92 bits per heavy atom. The van der Waals surface area contributed by atoms with Crippen LogP contribution in [-0.4, -0.2) is 10.9 Å². The molecule has 0 saturated carbocycles. The Hall–Kier alpha value is -3.14. The van der Waals surface area contributed by atoms with Crippen molar-refractivity contribution in [2.75, 3.05) is 5.32 Å². The van der Waals surface area contributed by atoms with Gasteiger partial charge in [-0.2, -0.15) is 0 Å². The number of nitrogens with zero attached hydrogens (tertiary/aromatic N) is 1. The molecule has 0 radical (unpaired) electrons. The Kier molecular flexibility index (Phi) is 4.65. The fourth-order valence-corrected chi connectivity index (χ4v) is 3.22. The molecular formula is C22H20N2O2. The Morgan fingerprint density at radius 1 is 1.00 bits per heavy atom. The van der Waals surface area contributed by atoms with Gasteiger partial charge in [-0.3, -0.25) is 9.78 Å². The van der Waals surface area contributed by atoms with E-state index in [9.17, 15) is 4.79 Å². The Bertz CT molecular complexity index is 922. The van der Waals surface area contributed by atoms with Gasteiger partial charge in [0.25, 0.3) is 5.91 Å². The monoisotopic (exact) mass is 344 g/mol. The molecule has 3 aromatic rings. The van der Waals surface area contributed by atoms with Gasteiger partial charge < -0.3 is 10.1 Å².